The number of benzene rings is 1. The zero-order valence-electron chi connectivity index (χ0n) is 12.3. The second kappa shape index (κ2) is 8.85. The molecule has 1 rings (SSSR count). The van der Waals surface area contributed by atoms with E-state index in [1.54, 1.807) is 0 Å². The maximum absolute atomic E-state index is 12.1. The molecule has 1 unspecified atom stereocenters. The molecular formula is C15H24ClIN2O. The molecule has 1 atom stereocenters. The molecular weight excluding hydrogens is 387 g/mol. The molecule has 0 aliphatic carbocycles. The fraction of sp³-hybridized carbons (Fsp3) is 0.533. The monoisotopic (exact) mass is 410 g/mol. The molecule has 1 aromatic rings. The number of amides is 1. The fourth-order valence-corrected chi connectivity index (χ4v) is 2.91. The van der Waals surface area contributed by atoms with Gasteiger partial charge in [0.05, 0.1) is 6.42 Å². The van der Waals surface area contributed by atoms with Gasteiger partial charge in [-0.1, -0.05) is 26.0 Å². The molecule has 0 fully saturated rings. The Morgan fingerprint density at radius 1 is 1.45 bits per heavy atom. The first kappa shape index (κ1) is 19.7. The van der Waals surface area contributed by atoms with Crippen molar-refractivity contribution in [1.82, 2.24) is 5.32 Å². The van der Waals surface area contributed by atoms with Gasteiger partial charge in [0.15, 0.2) is 0 Å². The number of nitrogens with one attached hydrogen (secondary N) is 1. The zero-order valence-corrected chi connectivity index (χ0v) is 15.3. The van der Waals surface area contributed by atoms with Crippen molar-refractivity contribution in [2.24, 2.45) is 11.7 Å². The zero-order chi connectivity index (χ0) is 14.5. The molecule has 0 radical (unpaired) electrons. The lowest BCUT2D eigenvalue weighted by Crippen LogP contribution is -2.52. The summed E-state index contributed by atoms with van der Waals surface area (Å²) in [5.41, 5.74) is 6.53. The van der Waals surface area contributed by atoms with E-state index in [0.29, 0.717) is 18.9 Å². The Hall–Kier alpha value is -0.330. The van der Waals surface area contributed by atoms with Crippen LogP contribution in [0.4, 0.5) is 0 Å². The minimum atomic E-state index is -0.312. The van der Waals surface area contributed by atoms with Gasteiger partial charge in [-0.25, -0.2) is 0 Å². The maximum atomic E-state index is 12.1. The van der Waals surface area contributed by atoms with Gasteiger partial charge in [-0.15, -0.1) is 12.4 Å². The van der Waals surface area contributed by atoms with Crippen molar-refractivity contribution in [3.63, 3.8) is 0 Å². The van der Waals surface area contributed by atoms with E-state index in [1.807, 2.05) is 31.2 Å². The Morgan fingerprint density at radius 3 is 2.60 bits per heavy atom. The molecule has 0 spiro atoms. The van der Waals surface area contributed by atoms with E-state index < -0.39 is 0 Å². The van der Waals surface area contributed by atoms with Crippen molar-refractivity contribution in [3.8, 4) is 0 Å². The average molecular weight is 411 g/mol. The van der Waals surface area contributed by atoms with E-state index in [-0.39, 0.29) is 23.9 Å². The number of hydrogen-bond acceptors (Lipinski definition) is 2. The topological polar surface area (TPSA) is 55.1 Å². The Labute approximate surface area is 141 Å². The molecule has 0 heterocycles. The third-order valence-electron chi connectivity index (χ3n) is 3.00. The van der Waals surface area contributed by atoms with E-state index >= 15 is 0 Å². The number of carbonyl (C=O) groups is 1. The Bertz CT molecular complexity index is 440. The fourth-order valence-electron chi connectivity index (χ4n) is 2.30. The van der Waals surface area contributed by atoms with Gasteiger partial charge < -0.3 is 11.1 Å². The summed E-state index contributed by atoms with van der Waals surface area (Å²) in [4.78, 5) is 12.1. The number of halogens is 2. The van der Waals surface area contributed by atoms with Gasteiger partial charge in [-0.3, -0.25) is 4.79 Å². The lowest BCUT2D eigenvalue weighted by atomic mass is 9.90. The predicted octanol–water partition coefficient (Wildman–Crippen LogP) is 3.14. The number of nitrogens with two attached hydrogens (primary N) is 1. The molecule has 3 N–H and O–H groups in total. The Kier molecular flexibility index (Phi) is 8.70. The first-order valence-corrected chi connectivity index (χ1v) is 7.68. The summed E-state index contributed by atoms with van der Waals surface area (Å²) in [7, 11) is 0. The van der Waals surface area contributed by atoms with Crippen LogP contribution >= 0.6 is 35.0 Å². The van der Waals surface area contributed by atoms with Crippen LogP contribution in [0.2, 0.25) is 0 Å². The van der Waals surface area contributed by atoms with Crippen LogP contribution in [0.25, 0.3) is 0 Å². The lowest BCUT2D eigenvalue weighted by Gasteiger charge is -2.31. The highest BCUT2D eigenvalue weighted by Crippen LogP contribution is 2.16. The molecule has 114 valence electrons. The Morgan fingerprint density at radius 2 is 2.10 bits per heavy atom. The summed E-state index contributed by atoms with van der Waals surface area (Å²) in [5.74, 6) is 0.544. The largest absolute Gasteiger partial charge is 0.349 e. The van der Waals surface area contributed by atoms with E-state index in [9.17, 15) is 4.79 Å². The normalized spacial score (nSPS) is 13.5. The van der Waals surface area contributed by atoms with Crippen LogP contribution in [0.3, 0.4) is 0 Å². The first-order chi connectivity index (χ1) is 8.84. The second-order valence-corrected chi connectivity index (χ2v) is 6.96. The summed E-state index contributed by atoms with van der Waals surface area (Å²) in [5, 5.41) is 3.08. The van der Waals surface area contributed by atoms with E-state index in [4.69, 9.17) is 5.73 Å². The highest BCUT2D eigenvalue weighted by Gasteiger charge is 2.25. The van der Waals surface area contributed by atoms with E-state index in [1.165, 1.54) is 0 Å². The van der Waals surface area contributed by atoms with Gasteiger partial charge in [0, 0.05) is 15.7 Å². The van der Waals surface area contributed by atoms with Crippen molar-refractivity contribution < 1.29 is 4.79 Å². The molecule has 5 heteroatoms. The standard InChI is InChI=1S/C15H23IN2O.ClH/c1-11(2)9-15(3,10-17)18-14(19)8-12-5-4-6-13(16)7-12;/h4-7,11H,8-10,17H2,1-3H3,(H,18,19);1H. The van der Waals surface area contributed by atoms with Crippen LogP contribution in [0, 0.1) is 9.49 Å². The van der Waals surface area contributed by atoms with Gasteiger partial charge in [-0.05, 0) is 59.5 Å². The van der Waals surface area contributed by atoms with E-state index in [2.05, 4.69) is 41.8 Å². The first-order valence-electron chi connectivity index (χ1n) is 6.60. The predicted molar refractivity (Wildman–Crippen MR) is 95.2 cm³/mol. The number of rotatable bonds is 6. The minimum absolute atomic E-state index is 0. The van der Waals surface area contributed by atoms with Crippen LogP contribution in [0.1, 0.15) is 32.8 Å². The molecule has 3 nitrogen and oxygen atoms in total. The molecule has 1 aromatic carbocycles. The smallest absolute Gasteiger partial charge is 0.224 e. The van der Waals surface area contributed by atoms with Gasteiger partial charge >= 0.3 is 0 Å². The average Bonchev–Trinajstić information content (AvgIpc) is 2.27. The van der Waals surface area contributed by atoms with Crippen LogP contribution in [0.15, 0.2) is 24.3 Å². The van der Waals surface area contributed by atoms with Gasteiger partial charge in [0.1, 0.15) is 0 Å². The van der Waals surface area contributed by atoms with Crippen LogP contribution in [0.5, 0.6) is 0 Å². The summed E-state index contributed by atoms with van der Waals surface area (Å²) >= 11 is 2.25. The van der Waals surface area contributed by atoms with Crippen molar-refractivity contribution in [2.45, 2.75) is 39.2 Å². The number of carbonyl (C=O) groups excluding carboxylic acids is 1. The molecule has 0 bridgehead atoms. The lowest BCUT2D eigenvalue weighted by molar-refractivity contribution is -0.122. The molecule has 0 aliphatic rings. The summed E-state index contributed by atoms with van der Waals surface area (Å²) in [6.45, 7) is 6.75. The molecule has 0 aliphatic heterocycles. The van der Waals surface area contributed by atoms with Crippen molar-refractivity contribution >= 4 is 40.9 Å². The van der Waals surface area contributed by atoms with Crippen molar-refractivity contribution in [2.75, 3.05) is 6.54 Å². The van der Waals surface area contributed by atoms with Crippen molar-refractivity contribution in [3.05, 3.63) is 33.4 Å². The van der Waals surface area contributed by atoms with E-state index in [0.717, 1.165) is 15.6 Å². The van der Waals surface area contributed by atoms with Gasteiger partial charge in [0.2, 0.25) is 5.91 Å². The Balaban J connectivity index is 0.00000361. The highest BCUT2D eigenvalue weighted by molar-refractivity contribution is 14.1. The second-order valence-electron chi connectivity index (χ2n) is 5.72. The molecule has 20 heavy (non-hydrogen) atoms. The van der Waals surface area contributed by atoms with Crippen molar-refractivity contribution in [1.29, 1.82) is 0 Å². The number of hydrogen-bond donors (Lipinski definition) is 2. The van der Waals surface area contributed by atoms with Crippen LogP contribution in [-0.2, 0) is 11.2 Å². The van der Waals surface area contributed by atoms with Crippen LogP contribution < -0.4 is 11.1 Å². The van der Waals surface area contributed by atoms with Crippen LogP contribution in [-0.4, -0.2) is 18.0 Å². The SMILES string of the molecule is CC(C)CC(C)(CN)NC(=O)Cc1cccc(I)c1.Cl. The molecule has 1 amide bonds. The van der Waals surface area contributed by atoms with Gasteiger partial charge in [0.25, 0.3) is 0 Å². The quantitative estimate of drug-likeness (QED) is 0.708. The molecule has 0 saturated heterocycles. The highest BCUT2D eigenvalue weighted by atomic mass is 127. The third kappa shape index (κ3) is 6.90. The third-order valence-corrected chi connectivity index (χ3v) is 3.68. The summed E-state index contributed by atoms with van der Waals surface area (Å²) in [6.07, 6.45) is 1.30. The molecule has 0 saturated carbocycles. The van der Waals surface area contributed by atoms with Gasteiger partial charge in [-0.2, -0.15) is 0 Å². The minimum Gasteiger partial charge on any atom is -0.349 e. The molecule has 0 aromatic heterocycles. The summed E-state index contributed by atoms with van der Waals surface area (Å²) in [6, 6.07) is 8.00. The summed E-state index contributed by atoms with van der Waals surface area (Å²) < 4.78 is 1.15. The maximum Gasteiger partial charge on any atom is 0.224 e.